The van der Waals surface area contributed by atoms with Crippen LogP contribution in [0.4, 0.5) is 14.5 Å². The molecule has 4 rings (SSSR count). The van der Waals surface area contributed by atoms with Crippen LogP contribution in [0, 0.1) is 18.6 Å². The number of hydrogen-bond donors (Lipinski definition) is 1. The summed E-state index contributed by atoms with van der Waals surface area (Å²) in [6.07, 6.45) is 1.59. The van der Waals surface area contributed by atoms with Gasteiger partial charge in [0, 0.05) is 17.6 Å². The van der Waals surface area contributed by atoms with Crippen LogP contribution < -0.4 is 18.9 Å². The lowest BCUT2D eigenvalue weighted by molar-refractivity contribution is 0.355. The number of benzene rings is 3. The van der Waals surface area contributed by atoms with Crippen LogP contribution in [-0.4, -0.2) is 27.6 Å². The summed E-state index contributed by atoms with van der Waals surface area (Å²) in [5.41, 5.74) is 1.34. The second-order valence-corrected chi connectivity index (χ2v) is 8.94. The van der Waals surface area contributed by atoms with E-state index in [-0.39, 0.29) is 5.69 Å². The number of hydrogen-bond acceptors (Lipinski definition) is 6. The maximum Gasteiger partial charge on any atom is 0.264 e. The third kappa shape index (κ3) is 4.58. The molecule has 4 aromatic rings. The standard InChI is InChI=1S/C24H20F2N2O5S/c1-14-10-16(5-7-19(14)28-34(29,30)24-11-15(25)4-6-18(24)26)33-21-8-9-27-20-13-23(32-3)22(31-2)12-17(20)21/h4-13,28H,1-3H3. The molecule has 0 aliphatic rings. The Morgan fingerprint density at radius 3 is 2.32 bits per heavy atom. The first-order chi connectivity index (χ1) is 16.2. The van der Waals surface area contributed by atoms with Gasteiger partial charge in [0.25, 0.3) is 10.0 Å². The third-order valence-electron chi connectivity index (χ3n) is 5.06. The van der Waals surface area contributed by atoms with Crippen LogP contribution in [0.3, 0.4) is 0 Å². The van der Waals surface area contributed by atoms with Crippen molar-refractivity contribution in [1.82, 2.24) is 4.98 Å². The quantitative estimate of drug-likeness (QED) is 0.375. The van der Waals surface area contributed by atoms with Gasteiger partial charge in [-0.05, 0) is 61.0 Å². The summed E-state index contributed by atoms with van der Waals surface area (Å²) in [6.45, 7) is 1.66. The van der Waals surface area contributed by atoms with Crippen molar-refractivity contribution in [1.29, 1.82) is 0 Å². The van der Waals surface area contributed by atoms with E-state index in [4.69, 9.17) is 14.2 Å². The van der Waals surface area contributed by atoms with Crippen LogP contribution in [0.15, 0.2) is 65.7 Å². The van der Waals surface area contributed by atoms with Crippen LogP contribution in [0.25, 0.3) is 10.9 Å². The maximum atomic E-state index is 14.0. The molecule has 0 aliphatic carbocycles. The molecule has 3 aromatic carbocycles. The minimum Gasteiger partial charge on any atom is -0.493 e. The van der Waals surface area contributed by atoms with Gasteiger partial charge in [-0.15, -0.1) is 0 Å². The third-order valence-corrected chi connectivity index (χ3v) is 6.44. The summed E-state index contributed by atoms with van der Waals surface area (Å²) < 4.78 is 71.6. The first-order valence-corrected chi connectivity index (χ1v) is 11.5. The number of aryl methyl sites for hydroxylation is 1. The molecule has 0 unspecified atom stereocenters. The fourth-order valence-electron chi connectivity index (χ4n) is 3.36. The maximum absolute atomic E-state index is 14.0. The predicted molar refractivity (Wildman–Crippen MR) is 123 cm³/mol. The Labute approximate surface area is 195 Å². The molecule has 0 atom stereocenters. The molecule has 34 heavy (non-hydrogen) atoms. The molecule has 0 aliphatic heterocycles. The second kappa shape index (κ2) is 9.14. The number of nitrogens with one attached hydrogen (secondary N) is 1. The molecule has 0 saturated heterocycles. The van der Waals surface area contributed by atoms with Gasteiger partial charge in [-0.3, -0.25) is 9.71 Å². The molecule has 0 saturated carbocycles. The van der Waals surface area contributed by atoms with Crippen LogP contribution in [-0.2, 0) is 10.0 Å². The highest BCUT2D eigenvalue weighted by molar-refractivity contribution is 7.92. The van der Waals surface area contributed by atoms with E-state index in [1.165, 1.54) is 20.3 Å². The Morgan fingerprint density at radius 1 is 0.882 bits per heavy atom. The van der Waals surface area contributed by atoms with Crippen molar-refractivity contribution in [3.63, 3.8) is 0 Å². The van der Waals surface area contributed by atoms with Crippen LogP contribution in [0.2, 0.25) is 0 Å². The van der Waals surface area contributed by atoms with E-state index < -0.39 is 26.6 Å². The fourth-order valence-corrected chi connectivity index (χ4v) is 4.58. The number of ether oxygens (including phenoxy) is 3. The van der Waals surface area contributed by atoms with Crippen LogP contribution >= 0.6 is 0 Å². The second-order valence-electron chi connectivity index (χ2n) is 7.29. The molecule has 10 heteroatoms. The van der Waals surface area contributed by atoms with Gasteiger partial charge in [0.05, 0.1) is 25.4 Å². The van der Waals surface area contributed by atoms with Crippen LogP contribution in [0.5, 0.6) is 23.0 Å². The van der Waals surface area contributed by atoms with Gasteiger partial charge in [-0.1, -0.05) is 0 Å². The highest BCUT2D eigenvalue weighted by atomic mass is 32.2. The average molecular weight is 486 g/mol. The summed E-state index contributed by atoms with van der Waals surface area (Å²) >= 11 is 0. The number of pyridine rings is 1. The monoisotopic (exact) mass is 486 g/mol. The van der Waals surface area contributed by atoms with E-state index in [0.29, 0.717) is 45.5 Å². The molecule has 0 amide bonds. The minimum atomic E-state index is -4.34. The van der Waals surface area contributed by atoms with Gasteiger partial charge >= 0.3 is 0 Å². The molecule has 0 spiro atoms. The first kappa shape index (κ1) is 23.2. The predicted octanol–water partition coefficient (Wildman–Crippen LogP) is 5.43. The smallest absolute Gasteiger partial charge is 0.264 e. The van der Waals surface area contributed by atoms with E-state index >= 15 is 0 Å². The van der Waals surface area contributed by atoms with E-state index in [2.05, 4.69) is 9.71 Å². The van der Waals surface area contributed by atoms with Gasteiger partial charge in [0.15, 0.2) is 11.5 Å². The van der Waals surface area contributed by atoms with Crippen molar-refractivity contribution >= 4 is 26.6 Å². The lowest BCUT2D eigenvalue weighted by Gasteiger charge is -2.14. The SMILES string of the molecule is COc1cc2nccc(Oc3ccc(NS(=O)(=O)c4cc(F)ccc4F)c(C)c3)c2cc1OC. The normalized spacial score (nSPS) is 11.3. The van der Waals surface area contributed by atoms with Gasteiger partial charge < -0.3 is 14.2 Å². The fraction of sp³-hybridized carbons (Fsp3) is 0.125. The van der Waals surface area contributed by atoms with Gasteiger partial charge in [0.1, 0.15) is 28.0 Å². The molecule has 0 radical (unpaired) electrons. The highest BCUT2D eigenvalue weighted by Gasteiger charge is 2.21. The summed E-state index contributed by atoms with van der Waals surface area (Å²) in [6, 6.07) is 12.1. The lowest BCUT2D eigenvalue weighted by atomic mass is 10.1. The average Bonchev–Trinajstić information content (AvgIpc) is 2.81. The molecule has 0 bridgehead atoms. The molecular formula is C24H20F2N2O5S. The summed E-state index contributed by atoms with van der Waals surface area (Å²) in [5, 5.41) is 0.684. The Bertz CT molecular complexity index is 1490. The Morgan fingerprint density at radius 2 is 1.62 bits per heavy atom. The number of sulfonamides is 1. The molecule has 1 aromatic heterocycles. The topological polar surface area (TPSA) is 86.8 Å². The van der Waals surface area contributed by atoms with Crippen molar-refractivity contribution in [2.45, 2.75) is 11.8 Å². The number of anilines is 1. The van der Waals surface area contributed by atoms with Gasteiger partial charge in [0.2, 0.25) is 0 Å². The number of rotatable bonds is 7. The first-order valence-electron chi connectivity index (χ1n) is 9.99. The summed E-state index contributed by atoms with van der Waals surface area (Å²) in [4.78, 5) is 3.55. The van der Waals surface area contributed by atoms with E-state index in [9.17, 15) is 17.2 Å². The lowest BCUT2D eigenvalue weighted by Crippen LogP contribution is -2.15. The Kier molecular flexibility index (Phi) is 6.25. The number of fused-ring (bicyclic) bond motifs is 1. The number of methoxy groups -OCH3 is 2. The van der Waals surface area contributed by atoms with E-state index in [1.54, 1.807) is 43.5 Å². The zero-order valence-corrected chi connectivity index (χ0v) is 19.2. The zero-order valence-electron chi connectivity index (χ0n) is 18.4. The van der Waals surface area contributed by atoms with E-state index in [0.717, 1.165) is 12.1 Å². The van der Waals surface area contributed by atoms with E-state index in [1.807, 2.05) is 0 Å². The van der Waals surface area contributed by atoms with Crippen molar-refractivity contribution in [3.05, 3.63) is 78.0 Å². The van der Waals surface area contributed by atoms with Crippen molar-refractivity contribution in [2.75, 3.05) is 18.9 Å². The Hall–Kier alpha value is -3.92. The number of halogens is 2. The van der Waals surface area contributed by atoms with Gasteiger partial charge in [-0.2, -0.15) is 0 Å². The number of aromatic nitrogens is 1. The Balaban J connectivity index is 1.63. The molecule has 1 N–H and O–H groups in total. The number of nitrogens with zero attached hydrogens (tertiary/aromatic N) is 1. The van der Waals surface area contributed by atoms with Crippen LogP contribution in [0.1, 0.15) is 5.56 Å². The van der Waals surface area contributed by atoms with Gasteiger partial charge in [-0.25, -0.2) is 17.2 Å². The summed E-state index contributed by atoms with van der Waals surface area (Å²) in [5.74, 6) is 0.0598. The van der Waals surface area contributed by atoms with Crippen molar-refractivity contribution in [2.24, 2.45) is 0 Å². The molecule has 1 heterocycles. The molecule has 7 nitrogen and oxygen atoms in total. The highest BCUT2D eigenvalue weighted by Crippen LogP contribution is 2.37. The molecular weight excluding hydrogens is 466 g/mol. The molecule has 176 valence electrons. The van der Waals surface area contributed by atoms with Crippen molar-refractivity contribution in [3.8, 4) is 23.0 Å². The van der Waals surface area contributed by atoms with Crippen molar-refractivity contribution < 1.29 is 31.4 Å². The zero-order chi connectivity index (χ0) is 24.5. The molecule has 0 fully saturated rings. The minimum absolute atomic E-state index is 0.196. The summed E-state index contributed by atoms with van der Waals surface area (Å²) in [7, 11) is -1.28. The largest absolute Gasteiger partial charge is 0.493 e.